The maximum atomic E-state index is 11.8. The second-order valence-electron chi connectivity index (χ2n) is 8.81. The van der Waals surface area contributed by atoms with Gasteiger partial charge in [0.15, 0.2) is 5.82 Å². The average Bonchev–Trinajstić information content (AvgIpc) is 3.33. The van der Waals surface area contributed by atoms with Gasteiger partial charge in [-0.15, -0.1) is 0 Å². The Morgan fingerprint density at radius 3 is 2.37 bits per heavy atom. The number of nitrogens with zero attached hydrogens (tertiary/aromatic N) is 2. The number of hydrogen-bond acceptors (Lipinski definition) is 6. The zero-order chi connectivity index (χ0) is 24.9. The molecule has 0 saturated carbocycles. The third kappa shape index (κ3) is 5.22. The van der Waals surface area contributed by atoms with E-state index in [4.69, 9.17) is 10.1 Å². The van der Waals surface area contributed by atoms with Gasteiger partial charge in [0.2, 0.25) is 0 Å². The van der Waals surface area contributed by atoms with Crippen LogP contribution in [0.15, 0.2) is 60.7 Å². The van der Waals surface area contributed by atoms with Crippen LogP contribution in [0, 0.1) is 11.8 Å². The maximum absolute atomic E-state index is 11.8. The first kappa shape index (κ1) is 24.1. The fourth-order valence-electron chi connectivity index (χ4n) is 4.32. The lowest BCUT2D eigenvalue weighted by Crippen LogP contribution is -2.56. The van der Waals surface area contributed by atoms with Gasteiger partial charge in [0.25, 0.3) is 0 Å². The first-order valence-electron chi connectivity index (χ1n) is 11.5. The number of aldehydes is 2. The van der Waals surface area contributed by atoms with Gasteiger partial charge in [0.1, 0.15) is 18.4 Å². The standard InChI is InChI=1S/C27H28N4O4/c1-17(15-32)23-24-27(30-25(28-24)21-11-8-19(9-12-21)10-13-22(34)35)31(26(29-23)18(2)16-33)14-20-6-4-3-5-7-20/h3-13,15-18,23,26,29H,14H2,1-2H3,(H,28,30)(H,34,35)/b13-10+. The number of hydrogen-bond donors (Lipinski definition) is 3. The summed E-state index contributed by atoms with van der Waals surface area (Å²) in [5.74, 6) is -0.353. The molecule has 1 aliphatic rings. The van der Waals surface area contributed by atoms with Crippen molar-refractivity contribution in [2.75, 3.05) is 4.90 Å². The van der Waals surface area contributed by atoms with Crippen molar-refractivity contribution < 1.29 is 19.5 Å². The van der Waals surface area contributed by atoms with Gasteiger partial charge < -0.3 is 24.6 Å². The van der Waals surface area contributed by atoms with E-state index in [1.807, 2.05) is 68.4 Å². The van der Waals surface area contributed by atoms with Crippen molar-refractivity contribution in [3.63, 3.8) is 0 Å². The van der Waals surface area contributed by atoms with E-state index in [1.165, 1.54) is 6.08 Å². The van der Waals surface area contributed by atoms with Gasteiger partial charge >= 0.3 is 5.97 Å². The molecule has 0 spiro atoms. The molecule has 0 fully saturated rings. The highest BCUT2D eigenvalue weighted by atomic mass is 16.4. The van der Waals surface area contributed by atoms with Crippen LogP contribution in [0.2, 0.25) is 0 Å². The van der Waals surface area contributed by atoms with Crippen molar-refractivity contribution in [3.8, 4) is 11.4 Å². The fourth-order valence-corrected chi connectivity index (χ4v) is 4.32. The molecule has 4 rings (SSSR count). The van der Waals surface area contributed by atoms with E-state index in [9.17, 15) is 14.4 Å². The van der Waals surface area contributed by atoms with Crippen molar-refractivity contribution in [3.05, 3.63) is 77.5 Å². The Morgan fingerprint density at radius 2 is 1.74 bits per heavy atom. The van der Waals surface area contributed by atoms with E-state index in [0.717, 1.165) is 41.0 Å². The van der Waals surface area contributed by atoms with E-state index in [1.54, 1.807) is 0 Å². The minimum absolute atomic E-state index is 0.332. The maximum Gasteiger partial charge on any atom is 0.328 e. The molecule has 0 radical (unpaired) electrons. The van der Waals surface area contributed by atoms with Crippen LogP contribution in [0.3, 0.4) is 0 Å². The highest BCUT2D eigenvalue weighted by Gasteiger charge is 2.39. The van der Waals surface area contributed by atoms with E-state index >= 15 is 0 Å². The van der Waals surface area contributed by atoms with Crippen LogP contribution in [0.5, 0.6) is 0 Å². The molecule has 8 nitrogen and oxygen atoms in total. The normalized spacial score (nSPS) is 19.2. The lowest BCUT2D eigenvalue weighted by Gasteiger charge is -2.43. The molecule has 180 valence electrons. The van der Waals surface area contributed by atoms with Gasteiger partial charge in [-0.25, -0.2) is 9.78 Å². The average molecular weight is 473 g/mol. The number of aromatic amines is 1. The quantitative estimate of drug-likeness (QED) is 0.320. The van der Waals surface area contributed by atoms with Gasteiger partial charge in [0, 0.05) is 30.0 Å². The molecule has 8 heteroatoms. The van der Waals surface area contributed by atoms with Crippen molar-refractivity contribution in [1.82, 2.24) is 15.3 Å². The van der Waals surface area contributed by atoms with Crippen LogP contribution in [-0.4, -0.2) is 39.8 Å². The Labute approximate surface area is 203 Å². The molecule has 0 saturated heterocycles. The summed E-state index contributed by atoms with van der Waals surface area (Å²) in [6, 6.07) is 17.0. The van der Waals surface area contributed by atoms with E-state index in [2.05, 4.69) is 15.2 Å². The molecule has 4 unspecified atom stereocenters. The van der Waals surface area contributed by atoms with Gasteiger partial charge in [-0.2, -0.15) is 0 Å². The second kappa shape index (κ2) is 10.5. The Hall–Kier alpha value is -4.04. The lowest BCUT2D eigenvalue weighted by atomic mass is 9.94. The van der Waals surface area contributed by atoms with Gasteiger partial charge in [-0.1, -0.05) is 68.4 Å². The molecule has 0 bridgehead atoms. The summed E-state index contributed by atoms with van der Waals surface area (Å²) in [5, 5.41) is 12.4. The monoisotopic (exact) mass is 472 g/mol. The molecule has 4 atom stereocenters. The smallest absolute Gasteiger partial charge is 0.328 e. The number of carbonyl (C=O) groups is 3. The highest BCUT2D eigenvalue weighted by molar-refractivity contribution is 5.85. The van der Waals surface area contributed by atoms with Crippen LogP contribution < -0.4 is 10.2 Å². The van der Waals surface area contributed by atoms with Crippen LogP contribution in [0.4, 0.5) is 5.82 Å². The van der Waals surface area contributed by atoms with Crippen LogP contribution in [0.25, 0.3) is 17.5 Å². The number of anilines is 1. The summed E-state index contributed by atoms with van der Waals surface area (Å²) in [4.78, 5) is 44.7. The Morgan fingerprint density at radius 1 is 1.06 bits per heavy atom. The number of carbonyl (C=O) groups excluding carboxylic acids is 2. The number of aliphatic carboxylic acids is 1. The Balaban J connectivity index is 1.77. The number of carboxylic acid groups (broad SMARTS) is 1. The molecular weight excluding hydrogens is 444 g/mol. The van der Waals surface area contributed by atoms with E-state index < -0.39 is 5.97 Å². The van der Waals surface area contributed by atoms with Crippen molar-refractivity contribution in [2.24, 2.45) is 11.8 Å². The lowest BCUT2D eigenvalue weighted by molar-refractivity contribution is -0.131. The Kier molecular flexibility index (Phi) is 7.22. The summed E-state index contributed by atoms with van der Waals surface area (Å²) in [5.41, 5.74) is 3.44. The largest absolute Gasteiger partial charge is 0.478 e. The molecule has 2 aromatic carbocycles. The second-order valence-corrected chi connectivity index (χ2v) is 8.81. The van der Waals surface area contributed by atoms with Crippen LogP contribution >= 0.6 is 0 Å². The molecule has 1 aromatic heterocycles. The number of rotatable bonds is 9. The molecular formula is C27H28N4O4. The minimum Gasteiger partial charge on any atom is -0.478 e. The summed E-state index contributed by atoms with van der Waals surface area (Å²) in [7, 11) is 0. The van der Waals surface area contributed by atoms with Crippen molar-refractivity contribution in [2.45, 2.75) is 32.6 Å². The van der Waals surface area contributed by atoms with Crippen LogP contribution in [-0.2, 0) is 20.9 Å². The van der Waals surface area contributed by atoms with Crippen molar-refractivity contribution in [1.29, 1.82) is 0 Å². The predicted octanol–water partition coefficient (Wildman–Crippen LogP) is 3.82. The topological polar surface area (TPSA) is 115 Å². The molecule has 3 N–H and O–H groups in total. The number of benzene rings is 2. The Bertz CT molecular complexity index is 1220. The number of aromatic nitrogens is 2. The molecule has 0 amide bonds. The fraction of sp³-hybridized carbons (Fsp3) is 0.259. The third-order valence-electron chi connectivity index (χ3n) is 6.23. The molecule has 3 aromatic rings. The zero-order valence-corrected chi connectivity index (χ0v) is 19.6. The number of fused-ring (bicyclic) bond motifs is 1. The van der Waals surface area contributed by atoms with E-state index in [-0.39, 0.29) is 24.0 Å². The van der Waals surface area contributed by atoms with E-state index in [0.29, 0.717) is 18.2 Å². The van der Waals surface area contributed by atoms with Gasteiger partial charge in [-0.05, 0) is 17.2 Å². The molecule has 2 heterocycles. The number of imidazole rings is 1. The minimum atomic E-state index is -1.01. The predicted molar refractivity (Wildman–Crippen MR) is 133 cm³/mol. The van der Waals surface area contributed by atoms with Gasteiger partial charge in [0.05, 0.1) is 17.9 Å². The van der Waals surface area contributed by atoms with Gasteiger partial charge in [-0.3, -0.25) is 5.32 Å². The molecule has 35 heavy (non-hydrogen) atoms. The third-order valence-corrected chi connectivity index (χ3v) is 6.23. The number of H-pyrrole nitrogens is 1. The first-order valence-corrected chi connectivity index (χ1v) is 11.5. The summed E-state index contributed by atoms with van der Waals surface area (Å²) < 4.78 is 0. The summed E-state index contributed by atoms with van der Waals surface area (Å²) >= 11 is 0. The number of nitrogens with one attached hydrogen (secondary N) is 2. The summed E-state index contributed by atoms with van der Waals surface area (Å²) in [6.07, 6.45) is 4.10. The highest BCUT2D eigenvalue weighted by Crippen LogP contribution is 2.38. The molecule has 1 aliphatic heterocycles. The zero-order valence-electron chi connectivity index (χ0n) is 19.6. The summed E-state index contributed by atoms with van der Waals surface area (Å²) in [6.45, 7) is 4.23. The van der Waals surface area contributed by atoms with Crippen molar-refractivity contribution >= 4 is 30.4 Å². The first-order chi connectivity index (χ1) is 16.9. The molecule has 0 aliphatic carbocycles. The van der Waals surface area contributed by atoms with Crippen LogP contribution in [0.1, 0.15) is 36.7 Å². The number of carboxylic acids is 1. The SMILES string of the molecule is CC(C=O)C1NC(C(C)C=O)N(Cc2ccccc2)c2nc(-c3ccc(/C=C/C(=O)O)cc3)[nH]c21.